The molecule has 0 unspecified atom stereocenters. The Balaban J connectivity index is 2.26. The van der Waals surface area contributed by atoms with Gasteiger partial charge in [-0.1, -0.05) is 6.92 Å². The molecule has 8 heteroatoms. The number of carbonyl (C=O) groups excluding carboxylic acids is 2. The van der Waals surface area contributed by atoms with Crippen LogP contribution in [-0.2, 0) is 9.53 Å². The Bertz CT molecular complexity index is 679. The van der Waals surface area contributed by atoms with Crippen LogP contribution in [0.4, 0.5) is 13.6 Å². The molecular weight excluding hydrogens is 338 g/mol. The van der Waals surface area contributed by atoms with Crippen LogP contribution in [0.5, 0.6) is 0 Å². The Labute approximate surface area is 142 Å². The lowest BCUT2D eigenvalue weighted by Crippen LogP contribution is -2.50. The van der Waals surface area contributed by atoms with Crippen molar-refractivity contribution < 1.29 is 23.1 Å². The second kappa shape index (κ2) is 8.14. The van der Waals surface area contributed by atoms with E-state index < -0.39 is 29.7 Å². The minimum atomic E-state index is -0.689. The SMILES string of the molecule is CCOC(=O)C1=C(CSc2ccc(F)cc2F)NC(=O)N[C@H]1CC. The summed E-state index contributed by atoms with van der Waals surface area (Å²) in [6.45, 7) is 3.73. The highest BCUT2D eigenvalue weighted by Gasteiger charge is 2.31. The number of amides is 2. The van der Waals surface area contributed by atoms with Crippen LogP contribution in [0.1, 0.15) is 20.3 Å². The number of hydrogen-bond acceptors (Lipinski definition) is 4. The zero-order chi connectivity index (χ0) is 17.7. The molecule has 0 bridgehead atoms. The molecule has 0 saturated heterocycles. The first kappa shape index (κ1) is 18.3. The lowest BCUT2D eigenvalue weighted by Gasteiger charge is -2.28. The van der Waals surface area contributed by atoms with E-state index in [4.69, 9.17) is 4.74 Å². The van der Waals surface area contributed by atoms with E-state index in [2.05, 4.69) is 10.6 Å². The van der Waals surface area contributed by atoms with Crippen molar-refractivity contribution in [2.45, 2.75) is 31.2 Å². The lowest BCUT2D eigenvalue weighted by atomic mass is 10.0. The third-order valence-electron chi connectivity index (χ3n) is 3.41. The van der Waals surface area contributed by atoms with Crippen molar-refractivity contribution in [1.29, 1.82) is 0 Å². The molecular formula is C16H18F2N2O3S. The molecule has 0 radical (unpaired) electrons. The van der Waals surface area contributed by atoms with Crippen molar-refractivity contribution in [2.24, 2.45) is 0 Å². The molecule has 1 atom stereocenters. The smallest absolute Gasteiger partial charge is 0.337 e. The van der Waals surface area contributed by atoms with Gasteiger partial charge in [-0.05, 0) is 25.5 Å². The van der Waals surface area contributed by atoms with Gasteiger partial charge in [0.05, 0.1) is 18.2 Å². The molecule has 2 rings (SSSR count). The van der Waals surface area contributed by atoms with Crippen molar-refractivity contribution in [2.75, 3.05) is 12.4 Å². The zero-order valence-corrected chi connectivity index (χ0v) is 14.1. The maximum absolute atomic E-state index is 13.7. The molecule has 0 aliphatic carbocycles. The summed E-state index contributed by atoms with van der Waals surface area (Å²) in [6, 6.07) is 2.37. The van der Waals surface area contributed by atoms with E-state index >= 15 is 0 Å². The Morgan fingerprint density at radius 1 is 1.33 bits per heavy atom. The lowest BCUT2D eigenvalue weighted by molar-refractivity contribution is -0.139. The van der Waals surface area contributed by atoms with E-state index in [1.165, 1.54) is 6.07 Å². The second-order valence-corrected chi connectivity index (χ2v) is 6.05. The summed E-state index contributed by atoms with van der Waals surface area (Å²) in [5.74, 6) is -1.72. The number of benzene rings is 1. The Morgan fingerprint density at radius 3 is 2.71 bits per heavy atom. The van der Waals surface area contributed by atoms with Crippen LogP contribution in [0.3, 0.4) is 0 Å². The molecule has 0 saturated carbocycles. The summed E-state index contributed by atoms with van der Waals surface area (Å²) in [5, 5.41) is 5.24. The van der Waals surface area contributed by atoms with Gasteiger partial charge in [0.1, 0.15) is 11.6 Å². The first-order chi connectivity index (χ1) is 11.5. The Hall–Kier alpha value is -2.09. The van der Waals surface area contributed by atoms with Gasteiger partial charge in [0.2, 0.25) is 0 Å². The third kappa shape index (κ3) is 4.25. The maximum Gasteiger partial charge on any atom is 0.337 e. The van der Waals surface area contributed by atoms with Gasteiger partial charge < -0.3 is 15.4 Å². The van der Waals surface area contributed by atoms with Crippen LogP contribution in [0.2, 0.25) is 0 Å². The largest absolute Gasteiger partial charge is 0.463 e. The molecule has 1 aliphatic heterocycles. The number of esters is 1. The summed E-state index contributed by atoms with van der Waals surface area (Å²) in [5.41, 5.74) is 0.701. The summed E-state index contributed by atoms with van der Waals surface area (Å²) in [7, 11) is 0. The van der Waals surface area contributed by atoms with E-state index in [-0.39, 0.29) is 17.3 Å². The summed E-state index contributed by atoms with van der Waals surface area (Å²) in [4.78, 5) is 24.2. The molecule has 2 amide bonds. The van der Waals surface area contributed by atoms with Crippen LogP contribution in [0, 0.1) is 11.6 Å². The van der Waals surface area contributed by atoms with Crippen LogP contribution >= 0.6 is 11.8 Å². The average Bonchev–Trinajstić information content (AvgIpc) is 2.53. The highest BCUT2D eigenvalue weighted by Crippen LogP contribution is 2.27. The van der Waals surface area contributed by atoms with Crippen molar-refractivity contribution in [3.05, 3.63) is 41.1 Å². The summed E-state index contributed by atoms with van der Waals surface area (Å²) in [6.07, 6.45) is 0.515. The van der Waals surface area contributed by atoms with E-state index in [1.54, 1.807) is 6.92 Å². The highest BCUT2D eigenvalue weighted by molar-refractivity contribution is 7.99. The normalized spacial score (nSPS) is 17.3. The van der Waals surface area contributed by atoms with Gasteiger partial charge >= 0.3 is 12.0 Å². The van der Waals surface area contributed by atoms with Crippen molar-refractivity contribution in [1.82, 2.24) is 10.6 Å². The third-order valence-corrected chi connectivity index (χ3v) is 4.49. The van der Waals surface area contributed by atoms with E-state index in [1.807, 2.05) is 6.92 Å². The first-order valence-corrected chi connectivity index (χ1v) is 8.50. The highest BCUT2D eigenvalue weighted by atomic mass is 32.2. The number of thioether (sulfide) groups is 1. The number of ether oxygens (including phenoxy) is 1. The molecule has 1 aromatic rings. The van der Waals surface area contributed by atoms with Gasteiger partial charge in [-0.3, -0.25) is 0 Å². The molecule has 1 aromatic carbocycles. The molecule has 2 N–H and O–H groups in total. The predicted molar refractivity (Wildman–Crippen MR) is 86.5 cm³/mol. The monoisotopic (exact) mass is 356 g/mol. The second-order valence-electron chi connectivity index (χ2n) is 5.04. The summed E-state index contributed by atoms with van der Waals surface area (Å²) >= 11 is 1.07. The average molecular weight is 356 g/mol. The number of hydrogen-bond donors (Lipinski definition) is 2. The number of urea groups is 1. The fourth-order valence-corrected chi connectivity index (χ4v) is 3.21. The number of nitrogens with one attached hydrogen (secondary N) is 2. The van der Waals surface area contributed by atoms with Crippen molar-refractivity contribution in [3.8, 4) is 0 Å². The van der Waals surface area contributed by atoms with Crippen molar-refractivity contribution in [3.63, 3.8) is 0 Å². The number of halogens is 2. The summed E-state index contributed by atoms with van der Waals surface area (Å²) < 4.78 is 31.7. The van der Waals surface area contributed by atoms with Crippen LogP contribution < -0.4 is 10.6 Å². The van der Waals surface area contributed by atoms with Crippen LogP contribution in [-0.4, -0.2) is 30.4 Å². The molecule has 0 aromatic heterocycles. The number of rotatable bonds is 6. The molecule has 0 fully saturated rings. The molecule has 130 valence electrons. The molecule has 5 nitrogen and oxygen atoms in total. The Morgan fingerprint density at radius 2 is 2.08 bits per heavy atom. The minimum absolute atomic E-state index is 0.153. The zero-order valence-electron chi connectivity index (χ0n) is 13.3. The fraction of sp³-hybridized carbons (Fsp3) is 0.375. The molecule has 1 aliphatic rings. The van der Waals surface area contributed by atoms with E-state index in [0.717, 1.165) is 23.9 Å². The fourth-order valence-electron chi connectivity index (χ4n) is 2.32. The van der Waals surface area contributed by atoms with E-state index in [0.29, 0.717) is 17.7 Å². The quantitative estimate of drug-likeness (QED) is 0.607. The molecule has 24 heavy (non-hydrogen) atoms. The maximum atomic E-state index is 13.7. The van der Waals surface area contributed by atoms with Crippen LogP contribution in [0.25, 0.3) is 0 Å². The minimum Gasteiger partial charge on any atom is -0.463 e. The molecule has 1 heterocycles. The first-order valence-electron chi connectivity index (χ1n) is 7.51. The van der Waals surface area contributed by atoms with Gasteiger partial charge in [0.15, 0.2) is 0 Å². The van der Waals surface area contributed by atoms with Gasteiger partial charge in [-0.15, -0.1) is 11.8 Å². The van der Waals surface area contributed by atoms with E-state index in [9.17, 15) is 18.4 Å². The predicted octanol–water partition coefficient (Wildman–Crippen LogP) is 2.97. The number of carbonyl (C=O) groups is 2. The van der Waals surface area contributed by atoms with Crippen molar-refractivity contribution >= 4 is 23.8 Å². The Kier molecular flexibility index (Phi) is 6.19. The van der Waals surface area contributed by atoms with Gasteiger partial charge in [-0.25, -0.2) is 18.4 Å². The molecule has 0 spiro atoms. The van der Waals surface area contributed by atoms with Gasteiger partial charge in [-0.2, -0.15) is 0 Å². The van der Waals surface area contributed by atoms with Gasteiger partial charge in [0.25, 0.3) is 0 Å². The topological polar surface area (TPSA) is 67.4 Å². The standard InChI is InChI=1S/C16H18F2N2O3S/c1-3-11-14(15(21)23-4-2)12(20-16(22)19-11)8-24-13-6-5-9(17)7-10(13)18/h5-7,11H,3-4,8H2,1-2H3,(H2,19,20,22)/t11-/m0/s1. The van der Waals surface area contributed by atoms with Crippen LogP contribution in [0.15, 0.2) is 34.4 Å². The van der Waals surface area contributed by atoms with Gasteiger partial charge in [0, 0.05) is 22.4 Å².